The smallest absolute Gasteiger partial charge is 0.253 e. The van der Waals surface area contributed by atoms with E-state index in [0.29, 0.717) is 13.1 Å². The van der Waals surface area contributed by atoms with Gasteiger partial charge in [0.2, 0.25) is 0 Å². The van der Waals surface area contributed by atoms with Crippen molar-refractivity contribution < 1.29 is 4.79 Å². The van der Waals surface area contributed by atoms with Crippen LogP contribution in [0.4, 0.5) is 5.82 Å². The minimum Gasteiger partial charge on any atom is -0.353 e. The van der Waals surface area contributed by atoms with E-state index in [-0.39, 0.29) is 5.91 Å². The molecule has 0 atom stereocenters. The Hall–Kier alpha value is -3.21. The number of anilines is 1. The van der Waals surface area contributed by atoms with E-state index >= 15 is 0 Å². The Balaban J connectivity index is 1.42. The molecule has 0 spiro atoms. The molecule has 1 aliphatic rings. The molecule has 166 valence electrons. The van der Waals surface area contributed by atoms with Gasteiger partial charge in [0.15, 0.2) is 5.82 Å². The maximum atomic E-state index is 13.0. The summed E-state index contributed by atoms with van der Waals surface area (Å²) in [5.41, 5.74) is 5.26. The van der Waals surface area contributed by atoms with Gasteiger partial charge in [-0.15, -0.1) is 0 Å². The molecular formula is C27H32N4O. The second-order valence-corrected chi connectivity index (χ2v) is 8.64. The average Bonchev–Trinajstić information content (AvgIpc) is 2.82. The highest BCUT2D eigenvalue weighted by Crippen LogP contribution is 2.22. The largest absolute Gasteiger partial charge is 0.353 e. The number of unbranched alkanes of at least 4 members (excludes halogenated alkanes) is 1. The molecule has 2 heterocycles. The Kier molecular flexibility index (Phi) is 6.84. The number of hydrogen-bond donors (Lipinski definition) is 0. The second-order valence-electron chi connectivity index (χ2n) is 8.64. The first kappa shape index (κ1) is 22.0. The fourth-order valence-corrected chi connectivity index (χ4v) is 4.14. The Morgan fingerprint density at radius 2 is 1.69 bits per heavy atom. The summed E-state index contributed by atoms with van der Waals surface area (Å²) >= 11 is 0. The van der Waals surface area contributed by atoms with Crippen molar-refractivity contribution in [1.29, 1.82) is 0 Å². The standard InChI is InChI=1S/C27H32N4O/c1-4-5-8-22-10-12-23(13-11-22)27(32)31-16-14-30(15-17-31)25-19-21(3)28-26(29-25)24-9-6-7-20(2)18-24/h6-7,9-13,18-19H,4-5,8,14-17H2,1-3H3. The molecule has 1 fully saturated rings. The summed E-state index contributed by atoms with van der Waals surface area (Å²) in [7, 11) is 0. The summed E-state index contributed by atoms with van der Waals surface area (Å²) in [4.78, 5) is 26.7. The molecule has 5 heteroatoms. The van der Waals surface area contributed by atoms with Gasteiger partial charge in [-0.3, -0.25) is 4.79 Å². The van der Waals surface area contributed by atoms with E-state index in [1.54, 1.807) is 0 Å². The van der Waals surface area contributed by atoms with Gasteiger partial charge in [0.05, 0.1) is 0 Å². The van der Waals surface area contributed by atoms with Crippen LogP contribution in [-0.2, 0) is 6.42 Å². The average molecular weight is 429 g/mol. The lowest BCUT2D eigenvalue weighted by Gasteiger charge is -2.35. The highest BCUT2D eigenvalue weighted by atomic mass is 16.2. The van der Waals surface area contributed by atoms with Crippen LogP contribution < -0.4 is 4.90 Å². The zero-order valence-electron chi connectivity index (χ0n) is 19.3. The molecular weight excluding hydrogens is 396 g/mol. The van der Waals surface area contributed by atoms with E-state index in [9.17, 15) is 4.79 Å². The second kappa shape index (κ2) is 9.94. The Labute approximate surface area is 191 Å². The first-order valence-corrected chi connectivity index (χ1v) is 11.6. The van der Waals surface area contributed by atoms with E-state index in [2.05, 4.69) is 54.1 Å². The number of aromatic nitrogens is 2. The zero-order valence-corrected chi connectivity index (χ0v) is 19.3. The van der Waals surface area contributed by atoms with Gasteiger partial charge in [0, 0.05) is 49.1 Å². The quantitative estimate of drug-likeness (QED) is 0.550. The molecule has 1 aromatic heterocycles. The maximum Gasteiger partial charge on any atom is 0.253 e. The predicted octanol–water partition coefficient (Wildman–Crippen LogP) is 5.07. The summed E-state index contributed by atoms with van der Waals surface area (Å²) in [6.45, 7) is 9.21. The minimum absolute atomic E-state index is 0.117. The van der Waals surface area contributed by atoms with Crippen LogP contribution in [0.2, 0.25) is 0 Å². The van der Waals surface area contributed by atoms with Crippen molar-refractivity contribution in [2.75, 3.05) is 31.1 Å². The summed E-state index contributed by atoms with van der Waals surface area (Å²) in [5, 5.41) is 0. The number of carbonyl (C=O) groups is 1. The van der Waals surface area contributed by atoms with Crippen LogP contribution in [0.3, 0.4) is 0 Å². The van der Waals surface area contributed by atoms with E-state index in [4.69, 9.17) is 4.98 Å². The number of hydrogen-bond acceptors (Lipinski definition) is 4. The predicted molar refractivity (Wildman–Crippen MR) is 130 cm³/mol. The Morgan fingerprint density at radius 1 is 0.938 bits per heavy atom. The summed E-state index contributed by atoms with van der Waals surface area (Å²) in [5.74, 6) is 1.80. The van der Waals surface area contributed by atoms with Crippen molar-refractivity contribution in [3.8, 4) is 11.4 Å². The highest BCUT2D eigenvalue weighted by molar-refractivity contribution is 5.94. The van der Waals surface area contributed by atoms with Crippen molar-refractivity contribution in [2.45, 2.75) is 40.0 Å². The molecule has 0 bridgehead atoms. The molecule has 0 aliphatic carbocycles. The van der Waals surface area contributed by atoms with Crippen molar-refractivity contribution in [1.82, 2.24) is 14.9 Å². The van der Waals surface area contributed by atoms with Gasteiger partial charge >= 0.3 is 0 Å². The zero-order chi connectivity index (χ0) is 22.5. The fraction of sp³-hybridized carbons (Fsp3) is 0.370. The van der Waals surface area contributed by atoms with E-state index in [1.165, 1.54) is 24.0 Å². The van der Waals surface area contributed by atoms with Gasteiger partial charge in [-0.1, -0.05) is 49.2 Å². The molecule has 1 aliphatic heterocycles. The lowest BCUT2D eigenvalue weighted by molar-refractivity contribution is 0.0746. The highest BCUT2D eigenvalue weighted by Gasteiger charge is 2.23. The lowest BCUT2D eigenvalue weighted by Crippen LogP contribution is -2.49. The molecule has 5 nitrogen and oxygen atoms in total. The van der Waals surface area contributed by atoms with Gasteiger partial charge in [0.25, 0.3) is 5.91 Å². The Morgan fingerprint density at radius 3 is 2.38 bits per heavy atom. The molecule has 0 saturated carbocycles. The molecule has 2 aromatic carbocycles. The van der Waals surface area contributed by atoms with Gasteiger partial charge in [-0.25, -0.2) is 9.97 Å². The summed E-state index contributed by atoms with van der Waals surface area (Å²) in [6.07, 6.45) is 3.44. The normalized spacial score (nSPS) is 14.0. The SMILES string of the molecule is CCCCc1ccc(C(=O)N2CCN(c3cc(C)nc(-c4cccc(C)c4)n3)CC2)cc1. The number of amides is 1. The number of aryl methyl sites for hydroxylation is 3. The van der Waals surface area contributed by atoms with Gasteiger partial charge in [0.1, 0.15) is 5.82 Å². The van der Waals surface area contributed by atoms with Crippen molar-refractivity contribution in [2.24, 2.45) is 0 Å². The van der Waals surface area contributed by atoms with Crippen LogP contribution in [0.25, 0.3) is 11.4 Å². The summed E-state index contributed by atoms with van der Waals surface area (Å²) < 4.78 is 0. The molecule has 0 radical (unpaired) electrons. The summed E-state index contributed by atoms with van der Waals surface area (Å²) in [6, 6.07) is 18.4. The number of nitrogens with zero attached hydrogens (tertiary/aromatic N) is 4. The minimum atomic E-state index is 0.117. The van der Waals surface area contributed by atoms with Crippen LogP contribution in [-0.4, -0.2) is 47.0 Å². The fourth-order valence-electron chi connectivity index (χ4n) is 4.14. The lowest BCUT2D eigenvalue weighted by atomic mass is 10.1. The van der Waals surface area contributed by atoms with Crippen molar-refractivity contribution in [3.05, 3.63) is 77.0 Å². The molecule has 0 N–H and O–H groups in total. The molecule has 3 aromatic rings. The number of piperazine rings is 1. The van der Waals surface area contributed by atoms with E-state index in [0.717, 1.165) is 48.0 Å². The molecule has 0 unspecified atom stereocenters. The number of carbonyl (C=O) groups excluding carboxylic acids is 1. The molecule has 1 amide bonds. The Bertz CT molecular complexity index is 1070. The van der Waals surface area contributed by atoms with Gasteiger partial charge in [-0.05, 0) is 50.5 Å². The maximum absolute atomic E-state index is 13.0. The molecule has 4 rings (SSSR count). The van der Waals surface area contributed by atoms with E-state index in [1.807, 2.05) is 36.1 Å². The number of benzene rings is 2. The third-order valence-corrected chi connectivity index (χ3v) is 6.03. The third kappa shape index (κ3) is 5.16. The van der Waals surface area contributed by atoms with E-state index < -0.39 is 0 Å². The molecule has 32 heavy (non-hydrogen) atoms. The van der Waals surface area contributed by atoms with Crippen LogP contribution in [0.1, 0.15) is 46.9 Å². The van der Waals surface area contributed by atoms with Crippen LogP contribution in [0.15, 0.2) is 54.6 Å². The van der Waals surface area contributed by atoms with Gasteiger partial charge in [-0.2, -0.15) is 0 Å². The van der Waals surface area contributed by atoms with Crippen molar-refractivity contribution in [3.63, 3.8) is 0 Å². The number of rotatable bonds is 6. The van der Waals surface area contributed by atoms with Crippen LogP contribution in [0, 0.1) is 13.8 Å². The first-order valence-electron chi connectivity index (χ1n) is 11.6. The molecule has 1 saturated heterocycles. The van der Waals surface area contributed by atoms with Gasteiger partial charge < -0.3 is 9.80 Å². The third-order valence-electron chi connectivity index (χ3n) is 6.03. The van der Waals surface area contributed by atoms with Crippen molar-refractivity contribution >= 4 is 11.7 Å². The van der Waals surface area contributed by atoms with Crippen LogP contribution >= 0.6 is 0 Å². The topological polar surface area (TPSA) is 49.3 Å². The first-order chi connectivity index (χ1) is 15.5. The monoisotopic (exact) mass is 428 g/mol. The van der Waals surface area contributed by atoms with Crippen LogP contribution in [0.5, 0.6) is 0 Å².